The lowest BCUT2D eigenvalue weighted by Crippen LogP contribution is -2.19. The fraction of sp³-hybridized carbons (Fsp3) is 0.273. The summed E-state index contributed by atoms with van der Waals surface area (Å²) >= 11 is 3.68. The molecule has 18 heavy (non-hydrogen) atoms. The topological polar surface area (TPSA) is 76.7 Å². The minimum absolute atomic E-state index is 0.0743. The van der Waals surface area contributed by atoms with Gasteiger partial charge in [-0.15, -0.1) is 5.10 Å². The first-order valence-electron chi connectivity index (χ1n) is 5.39. The maximum atomic E-state index is 11.6. The van der Waals surface area contributed by atoms with Crippen LogP contribution in [0.4, 0.5) is 5.69 Å². The minimum Gasteiger partial charge on any atom is -0.399 e. The number of hydrogen-bond acceptors (Lipinski definition) is 4. The van der Waals surface area contributed by atoms with Gasteiger partial charge in [0.25, 0.3) is 0 Å². The van der Waals surface area contributed by atoms with E-state index >= 15 is 0 Å². The van der Waals surface area contributed by atoms with Crippen molar-refractivity contribution in [2.45, 2.75) is 29.9 Å². The van der Waals surface area contributed by atoms with E-state index in [0.29, 0.717) is 5.16 Å². The van der Waals surface area contributed by atoms with Crippen LogP contribution in [0.15, 0.2) is 33.0 Å². The first kappa shape index (κ1) is 13.5. The van der Waals surface area contributed by atoms with Crippen molar-refractivity contribution < 1.29 is 0 Å². The zero-order chi connectivity index (χ0) is 13.3. The van der Waals surface area contributed by atoms with Gasteiger partial charge in [0, 0.05) is 20.2 Å². The molecule has 1 heterocycles. The zero-order valence-corrected chi connectivity index (χ0v) is 12.9. The molecular weight excluding hydrogens is 363 g/mol. The molecule has 0 aliphatic carbocycles. The third kappa shape index (κ3) is 2.72. The summed E-state index contributed by atoms with van der Waals surface area (Å²) in [5.41, 5.74) is 6.26. The van der Waals surface area contributed by atoms with Crippen molar-refractivity contribution in [3.63, 3.8) is 0 Å². The number of halogens is 1. The molecular formula is C11H13IN4OS. The summed E-state index contributed by atoms with van der Waals surface area (Å²) in [7, 11) is 0. The highest BCUT2D eigenvalue weighted by atomic mass is 127. The van der Waals surface area contributed by atoms with Gasteiger partial charge in [-0.1, -0.05) is 0 Å². The molecule has 0 amide bonds. The predicted molar refractivity (Wildman–Crippen MR) is 80.9 cm³/mol. The van der Waals surface area contributed by atoms with E-state index in [-0.39, 0.29) is 11.7 Å². The summed E-state index contributed by atoms with van der Waals surface area (Å²) in [6.45, 7) is 3.91. The molecule has 1 aromatic heterocycles. The average molecular weight is 376 g/mol. The third-order valence-electron chi connectivity index (χ3n) is 2.35. The van der Waals surface area contributed by atoms with Crippen molar-refractivity contribution in [3.05, 3.63) is 32.3 Å². The van der Waals surface area contributed by atoms with Crippen LogP contribution in [0.5, 0.6) is 0 Å². The summed E-state index contributed by atoms with van der Waals surface area (Å²) in [6.07, 6.45) is 0. The smallest absolute Gasteiger partial charge is 0.344 e. The van der Waals surface area contributed by atoms with E-state index in [9.17, 15) is 4.79 Å². The first-order valence-corrected chi connectivity index (χ1v) is 7.28. The Morgan fingerprint density at radius 3 is 2.83 bits per heavy atom. The Kier molecular flexibility index (Phi) is 4.00. The maximum absolute atomic E-state index is 11.6. The number of nitrogen functional groups attached to an aromatic ring is 1. The van der Waals surface area contributed by atoms with Gasteiger partial charge in [-0.25, -0.2) is 9.89 Å². The number of hydrogen-bond donors (Lipinski definition) is 2. The molecule has 0 radical (unpaired) electrons. The highest BCUT2D eigenvalue weighted by Gasteiger charge is 2.13. The van der Waals surface area contributed by atoms with Gasteiger partial charge in [0.1, 0.15) is 0 Å². The second-order valence-corrected chi connectivity index (χ2v) is 6.24. The van der Waals surface area contributed by atoms with Crippen LogP contribution >= 0.6 is 34.4 Å². The first-order chi connectivity index (χ1) is 8.49. The number of benzene rings is 1. The standard InChI is InChI=1S/C11H13IN4OS/c1-6(2)16-10(17)14-15-11(16)18-9-4-3-7(13)5-8(9)12/h3-6H,13H2,1-2H3,(H,14,17). The van der Waals surface area contributed by atoms with E-state index in [1.165, 1.54) is 11.8 Å². The quantitative estimate of drug-likeness (QED) is 0.638. The van der Waals surface area contributed by atoms with Gasteiger partial charge in [0.05, 0.1) is 0 Å². The largest absolute Gasteiger partial charge is 0.399 e. The fourth-order valence-corrected chi connectivity index (χ4v) is 3.36. The summed E-state index contributed by atoms with van der Waals surface area (Å²) in [4.78, 5) is 12.7. The SMILES string of the molecule is CC(C)n1c(Sc2ccc(N)cc2I)n[nH]c1=O. The molecule has 0 spiro atoms. The molecule has 0 unspecified atom stereocenters. The van der Waals surface area contributed by atoms with E-state index in [1.54, 1.807) is 4.57 Å². The van der Waals surface area contributed by atoms with Crippen LogP contribution in [0, 0.1) is 3.57 Å². The van der Waals surface area contributed by atoms with Gasteiger partial charge < -0.3 is 5.73 Å². The lowest BCUT2D eigenvalue weighted by Gasteiger charge is -2.09. The number of nitrogens with two attached hydrogens (primary N) is 1. The van der Waals surface area contributed by atoms with Crippen molar-refractivity contribution in [1.29, 1.82) is 0 Å². The van der Waals surface area contributed by atoms with E-state index in [0.717, 1.165) is 14.2 Å². The number of rotatable bonds is 3. The summed E-state index contributed by atoms with van der Waals surface area (Å²) < 4.78 is 2.68. The Balaban J connectivity index is 2.37. The minimum atomic E-state index is -0.182. The van der Waals surface area contributed by atoms with Crippen LogP contribution in [0.2, 0.25) is 0 Å². The van der Waals surface area contributed by atoms with Gasteiger partial charge >= 0.3 is 5.69 Å². The Morgan fingerprint density at radius 1 is 1.50 bits per heavy atom. The molecule has 0 aliphatic rings. The van der Waals surface area contributed by atoms with Crippen molar-refractivity contribution in [1.82, 2.24) is 14.8 Å². The zero-order valence-electron chi connectivity index (χ0n) is 9.98. The van der Waals surface area contributed by atoms with Crippen LogP contribution in [0.25, 0.3) is 0 Å². The summed E-state index contributed by atoms with van der Waals surface area (Å²) in [5.74, 6) is 0. The fourth-order valence-electron chi connectivity index (χ4n) is 1.52. The molecule has 7 heteroatoms. The number of nitrogens with zero attached hydrogens (tertiary/aromatic N) is 2. The van der Waals surface area contributed by atoms with Crippen LogP contribution in [0.3, 0.4) is 0 Å². The van der Waals surface area contributed by atoms with E-state index in [1.807, 2.05) is 32.0 Å². The monoisotopic (exact) mass is 376 g/mol. The predicted octanol–water partition coefficient (Wildman–Crippen LogP) is 2.49. The van der Waals surface area contributed by atoms with Gasteiger partial charge in [0.2, 0.25) is 0 Å². The molecule has 0 saturated heterocycles. The Bertz CT molecular complexity index is 620. The second kappa shape index (κ2) is 5.35. The summed E-state index contributed by atoms with van der Waals surface area (Å²) in [6, 6.07) is 5.75. The molecule has 0 saturated carbocycles. The van der Waals surface area contributed by atoms with E-state index in [4.69, 9.17) is 5.73 Å². The molecule has 96 valence electrons. The normalized spacial score (nSPS) is 11.1. The van der Waals surface area contributed by atoms with Crippen molar-refractivity contribution in [2.75, 3.05) is 5.73 Å². The molecule has 1 aromatic carbocycles. The molecule has 5 nitrogen and oxygen atoms in total. The van der Waals surface area contributed by atoms with Crippen LogP contribution in [-0.2, 0) is 0 Å². The van der Waals surface area contributed by atoms with Crippen molar-refractivity contribution in [3.8, 4) is 0 Å². The van der Waals surface area contributed by atoms with E-state index in [2.05, 4.69) is 32.8 Å². The molecule has 2 rings (SSSR count). The molecule has 0 fully saturated rings. The highest BCUT2D eigenvalue weighted by Crippen LogP contribution is 2.31. The van der Waals surface area contributed by atoms with Crippen molar-refractivity contribution >= 4 is 40.0 Å². The second-order valence-electron chi connectivity index (χ2n) is 4.07. The molecule has 0 aliphatic heterocycles. The number of aromatic nitrogens is 3. The lowest BCUT2D eigenvalue weighted by atomic mass is 10.3. The number of nitrogens with one attached hydrogen (secondary N) is 1. The molecule has 0 atom stereocenters. The number of H-pyrrole nitrogens is 1. The Hall–Kier alpha value is -0.960. The molecule has 2 aromatic rings. The summed E-state index contributed by atoms with van der Waals surface area (Å²) in [5, 5.41) is 7.19. The Labute approximate surface area is 122 Å². The maximum Gasteiger partial charge on any atom is 0.344 e. The third-order valence-corrected chi connectivity index (χ3v) is 4.65. The van der Waals surface area contributed by atoms with Gasteiger partial charge in [-0.2, -0.15) is 0 Å². The van der Waals surface area contributed by atoms with E-state index < -0.39 is 0 Å². The average Bonchev–Trinajstić information content (AvgIpc) is 2.64. The van der Waals surface area contributed by atoms with Crippen LogP contribution < -0.4 is 11.4 Å². The number of anilines is 1. The number of aromatic amines is 1. The van der Waals surface area contributed by atoms with Gasteiger partial charge in [0.15, 0.2) is 5.16 Å². The van der Waals surface area contributed by atoms with Crippen LogP contribution in [0.1, 0.15) is 19.9 Å². The van der Waals surface area contributed by atoms with Crippen molar-refractivity contribution in [2.24, 2.45) is 0 Å². The van der Waals surface area contributed by atoms with Crippen LogP contribution in [-0.4, -0.2) is 14.8 Å². The molecule has 0 bridgehead atoms. The lowest BCUT2D eigenvalue weighted by molar-refractivity contribution is 0.534. The van der Waals surface area contributed by atoms with Gasteiger partial charge in [-0.3, -0.25) is 4.57 Å². The Morgan fingerprint density at radius 2 is 2.22 bits per heavy atom. The molecule has 3 N–H and O–H groups in total. The highest BCUT2D eigenvalue weighted by molar-refractivity contribution is 14.1. The van der Waals surface area contributed by atoms with Gasteiger partial charge in [-0.05, 0) is 66.4 Å².